The Kier molecular flexibility index (Phi) is 3.67. The monoisotopic (exact) mass is 269 g/mol. The Morgan fingerprint density at radius 3 is 2.89 bits per heavy atom. The maximum absolute atomic E-state index is 11.6. The topological polar surface area (TPSA) is 153 Å². The van der Waals surface area contributed by atoms with Gasteiger partial charge in [-0.25, -0.2) is 4.79 Å². The minimum atomic E-state index is -1.25. The number of aromatic nitrogens is 2. The third-order valence-corrected chi connectivity index (χ3v) is 2.83. The largest absolute Gasteiger partial charge is 0.394 e. The van der Waals surface area contributed by atoms with Crippen LogP contribution in [0.2, 0.25) is 0 Å². The lowest BCUT2D eigenvalue weighted by Crippen LogP contribution is -2.36. The number of rotatable bonds is 3. The molecule has 3 N–H and O–H groups in total. The molecule has 0 saturated carbocycles. The van der Waals surface area contributed by atoms with Crippen molar-refractivity contribution in [2.45, 2.75) is 24.5 Å². The summed E-state index contributed by atoms with van der Waals surface area (Å²) in [6.45, 7) is -0.493. The standard InChI is InChI=1S/C9H11N5O5/c10-13-12-6-7(17)4(3-15)19-8(6)14-2-1-5(16)11-9(14)18/h1-2,4,6-8,15,17H,3H2,(H,11,16,18)/t4-,6+,7-,8-/m1/s1. The molecule has 1 aromatic heterocycles. The van der Waals surface area contributed by atoms with Crippen molar-refractivity contribution >= 4 is 0 Å². The molecule has 1 aliphatic heterocycles. The van der Waals surface area contributed by atoms with Crippen LogP contribution in [0, 0.1) is 0 Å². The van der Waals surface area contributed by atoms with Gasteiger partial charge in [0.2, 0.25) is 0 Å². The van der Waals surface area contributed by atoms with Crippen molar-refractivity contribution in [3.05, 3.63) is 43.5 Å². The van der Waals surface area contributed by atoms with Crippen LogP contribution in [0.15, 0.2) is 27.0 Å². The van der Waals surface area contributed by atoms with Gasteiger partial charge in [-0.15, -0.1) is 0 Å². The summed E-state index contributed by atoms with van der Waals surface area (Å²) in [5.74, 6) is 0. The molecule has 19 heavy (non-hydrogen) atoms. The summed E-state index contributed by atoms with van der Waals surface area (Å²) in [4.78, 5) is 27.2. The minimum Gasteiger partial charge on any atom is -0.394 e. The second-order valence-corrected chi connectivity index (χ2v) is 3.95. The van der Waals surface area contributed by atoms with Crippen LogP contribution in [0.5, 0.6) is 0 Å². The first-order valence-electron chi connectivity index (χ1n) is 5.38. The van der Waals surface area contributed by atoms with E-state index in [9.17, 15) is 14.7 Å². The smallest absolute Gasteiger partial charge is 0.330 e. The van der Waals surface area contributed by atoms with Crippen LogP contribution in [-0.4, -0.2) is 44.6 Å². The van der Waals surface area contributed by atoms with Gasteiger partial charge in [0, 0.05) is 17.2 Å². The molecule has 10 heteroatoms. The Balaban J connectivity index is 2.44. The van der Waals surface area contributed by atoms with E-state index in [1.54, 1.807) is 0 Å². The van der Waals surface area contributed by atoms with Crippen molar-refractivity contribution in [1.29, 1.82) is 0 Å². The van der Waals surface area contributed by atoms with E-state index in [2.05, 4.69) is 10.0 Å². The van der Waals surface area contributed by atoms with E-state index in [1.807, 2.05) is 4.98 Å². The van der Waals surface area contributed by atoms with Crippen molar-refractivity contribution in [1.82, 2.24) is 9.55 Å². The molecule has 1 fully saturated rings. The van der Waals surface area contributed by atoms with E-state index in [4.69, 9.17) is 15.4 Å². The zero-order valence-corrected chi connectivity index (χ0v) is 9.58. The Morgan fingerprint density at radius 2 is 2.32 bits per heavy atom. The molecule has 1 aromatic rings. The van der Waals surface area contributed by atoms with Crippen LogP contribution < -0.4 is 11.2 Å². The molecule has 0 amide bonds. The number of aromatic amines is 1. The van der Waals surface area contributed by atoms with E-state index in [-0.39, 0.29) is 0 Å². The van der Waals surface area contributed by atoms with Gasteiger partial charge in [-0.3, -0.25) is 14.3 Å². The Morgan fingerprint density at radius 1 is 1.58 bits per heavy atom. The second kappa shape index (κ2) is 5.24. The first-order valence-corrected chi connectivity index (χ1v) is 5.38. The van der Waals surface area contributed by atoms with Crippen LogP contribution in [-0.2, 0) is 4.74 Å². The summed E-state index contributed by atoms with van der Waals surface area (Å²) < 4.78 is 6.26. The SMILES string of the molecule is [N-]=[N+]=N[C@H]1[C@H](O)[C@@H](CO)O[C@H]1n1ccc(=O)[nH]c1=O. The Labute approximate surface area is 105 Å². The predicted octanol–water partition coefficient (Wildman–Crippen LogP) is -1.53. The van der Waals surface area contributed by atoms with Gasteiger partial charge in [-0.2, -0.15) is 0 Å². The molecule has 4 atom stereocenters. The first-order chi connectivity index (χ1) is 9.08. The third kappa shape index (κ3) is 2.37. The molecule has 1 aliphatic rings. The number of azide groups is 1. The molecule has 10 nitrogen and oxygen atoms in total. The van der Waals surface area contributed by atoms with Gasteiger partial charge in [-0.1, -0.05) is 5.11 Å². The fourth-order valence-electron chi connectivity index (χ4n) is 1.92. The van der Waals surface area contributed by atoms with Crippen molar-refractivity contribution in [2.75, 3.05) is 6.61 Å². The lowest BCUT2D eigenvalue weighted by atomic mass is 10.1. The van der Waals surface area contributed by atoms with E-state index in [0.29, 0.717) is 0 Å². The van der Waals surface area contributed by atoms with Crippen molar-refractivity contribution in [3.63, 3.8) is 0 Å². The number of hydrogen-bond acceptors (Lipinski definition) is 6. The average molecular weight is 269 g/mol. The van der Waals surface area contributed by atoms with Gasteiger partial charge < -0.3 is 14.9 Å². The average Bonchev–Trinajstić information content (AvgIpc) is 2.68. The molecule has 0 unspecified atom stereocenters. The summed E-state index contributed by atoms with van der Waals surface area (Å²) in [6, 6.07) is 0.0158. The minimum absolute atomic E-state index is 0.493. The zero-order chi connectivity index (χ0) is 14.0. The molecular formula is C9H11N5O5. The quantitative estimate of drug-likeness (QED) is 0.345. The van der Waals surface area contributed by atoms with Crippen LogP contribution >= 0.6 is 0 Å². The highest BCUT2D eigenvalue weighted by Crippen LogP contribution is 2.30. The predicted molar refractivity (Wildman–Crippen MR) is 61.3 cm³/mol. The molecule has 0 bridgehead atoms. The Bertz CT molecular complexity index is 618. The first kappa shape index (κ1) is 13.3. The number of nitrogens with zero attached hydrogens (tertiary/aromatic N) is 4. The molecule has 102 valence electrons. The van der Waals surface area contributed by atoms with Crippen LogP contribution in [0.25, 0.3) is 10.4 Å². The van der Waals surface area contributed by atoms with Crippen LogP contribution in [0.1, 0.15) is 6.23 Å². The van der Waals surface area contributed by atoms with E-state index < -0.39 is 42.3 Å². The van der Waals surface area contributed by atoms with Gasteiger partial charge in [-0.05, 0) is 5.53 Å². The lowest BCUT2D eigenvalue weighted by Gasteiger charge is -2.17. The number of aliphatic hydroxyl groups excluding tert-OH is 2. The Hall–Kier alpha value is -2.13. The van der Waals surface area contributed by atoms with Crippen LogP contribution in [0.3, 0.4) is 0 Å². The number of aliphatic hydroxyl groups is 2. The highest BCUT2D eigenvalue weighted by atomic mass is 16.5. The van der Waals surface area contributed by atoms with Gasteiger partial charge in [0.25, 0.3) is 5.56 Å². The molecule has 0 aliphatic carbocycles. The van der Waals surface area contributed by atoms with E-state index in [0.717, 1.165) is 16.8 Å². The molecule has 2 rings (SSSR count). The molecule has 1 saturated heterocycles. The highest BCUT2D eigenvalue weighted by molar-refractivity contribution is 4.96. The molecular weight excluding hydrogens is 258 g/mol. The van der Waals surface area contributed by atoms with Crippen molar-refractivity contribution in [3.8, 4) is 0 Å². The molecule has 2 heterocycles. The van der Waals surface area contributed by atoms with Gasteiger partial charge >= 0.3 is 5.69 Å². The summed E-state index contributed by atoms with van der Waals surface area (Å²) in [5.41, 5.74) is 7.12. The maximum atomic E-state index is 11.6. The fraction of sp³-hybridized carbons (Fsp3) is 0.556. The number of ether oxygens (including phenoxy) is 1. The maximum Gasteiger partial charge on any atom is 0.330 e. The van der Waals surface area contributed by atoms with Gasteiger partial charge in [0.15, 0.2) is 0 Å². The lowest BCUT2D eigenvalue weighted by molar-refractivity contribution is -0.0464. The second-order valence-electron chi connectivity index (χ2n) is 3.95. The normalized spacial score (nSPS) is 30.0. The highest BCUT2D eigenvalue weighted by Gasteiger charge is 2.44. The van der Waals surface area contributed by atoms with E-state index in [1.165, 1.54) is 0 Å². The summed E-state index contributed by atoms with van der Waals surface area (Å²) in [5, 5.41) is 22.2. The molecule has 0 aromatic carbocycles. The zero-order valence-electron chi connectivity index (χ0n) is 9.58. The third-order valence-electron chi connectivity index (χ3n) is 2.83. The van der Waals surface area contributed by atoms with Gasteiger partial charge in [0.1, 0.15) is 18.4 Å². The summed E-state index contributed by atoms with van der Waals surface area (Å²) in [7, 11) is 0. The van der Waals surface area contributed by atoms with Crippen molar-refractivity contribution in [2.24, 2.45) is 5.11 Å². The van der Waals surface area contributed by atoms with Gasteiger partial charge in [0.05, 0.1) is 12.7 Å². The summed E-state index contributed by atoms with van der Waals surface area (Å²) >= 11 is 0. The summed E-state index contributed by atoms with van der Waals surface area (Å²) in [6.07, 6.45) is -2.14. The molecule has 0 spiro atoms. The van der Waals surface area contributed by atoms with E-state index >= 15 is 0 Å². The fourth-order valence-corrected chi connectivity index (χ4v) is 1.92. The number of nitrogens with one attached hydrogen (secondary N) is 1. The van der Waals surface area contributed by atoms with Crippen molar-refractivity contribution < 1.29 is 14.9 Å². The molecule has 0 radical (unpaired) electrons. The number of H-pyrrole nitrogens is 1. The number of hydrogen-bond donors (Lipinski definition) is 3. The van der Waals surface area contributed by atoms with Crippen LogP contribution in [0.4, 0.5) is 0 Å².